The van der Waals surface area contributed by atoms with Crippen LogP contribution in [0.15, 0.2) is 29.1 Å². The number of pyridine rings is 1. The van der Waals surface area contributed by atoms with Crippen molar-refractivity contribution in [3.8, 4) is 11.8 Å². The van der Waals surface area contributed by atoms with Crippen LogP contribution in [0.4, 0.5) is 0 Å². The molecule has 0 aliphatic rings. The molecule has 0 amide bonds. The molecule has 0 fully saturated rings. The smallest absolute Gasteiger partial charge is 0.190 e. The molecule has 86 valence electrons. The van der Waals surface area contributed by atoms with Crippen molar-refractivity contribution in [2.45, 2.75) is 20.0 Å². The number of aromatic amines is 1. The fraction of sp³-hybridized carbons (Fsp3) is 0.231. The van der Waals surface area contributed by atoms with Crippen molar-refractivity contribution in [1.82, 2.24) is 4.98 Å². The average molecular weight is 228 g/mol. The van der Waals surface area contributed by atoms with Crippen LogP contribution in [0.25, 0.3) is 10.9 Å². The average Bonchev–Trinajstić information content (AvgIpc) is 2.29. The Morgan fingerprint density at radius 1 is 1.41 bits per heavy atom. The van der Waals surface area contributed by atoms with Crippen LogP contribution < -0.4 is 10.2 Å². The van der Waals surface area contributed by atoms with Gasteiger partial charge in [0.1, 0.15) is 17.5 Å². The number of nitriles is 1. The molecule has 1 aromatic heterocycles. The summed E-state index contributed by atoms with van der Waals surface area (Å²) >= 11 is 0. The second kappa shape index (κ2) is 4.30. The molecule has 2 rings (SSSR count). The summed E-state index contributed by atoms with van der Waals surface area (Å²) in [5.74, 6) is 0.590. The molecule has 4 heteroatoms. The zero-order valence-electron chi connectivity index (χ0n) is 9.65. The van der Waals surface area contributed by atoms with Crippen LogP contribution >= 0.6 is 0 Å². The van der Waals surface area contributed by atoms with Crippen molar-refractivity contribution < 1.29 is 4.74 Å². The maximum atomic E-state index is 11.8. The van der Waals surface area contributed by atoms with E-state index in [9.17, 15) is 4.79 Å². The molecule has 0 saturated heterocycles. The van der Waals surface area contributed by atoms with Crippen molar-refractivity contribution in [1.29, 1.82) is 5.26 Å². The molecule has 1 N–H and O–H groups in total. The van der Waals surface area contributed by atoms with Gasteiger partial charge in [0.25, 0.3) is 0 Å². The first-order valence-electron chi connectivity index (χ1n) is 5.34. The molecule has 17 heavy (non-hydrogen) atoms. The maximum absolute atomic E-state index is 11.8. The van der Waals surface area contributed by atoms with Gasteiger partial charge in [0, 0.05) is 11.5 Å². The number of H-pyrrole nitrogens is 1. The van der Waals surface area contributed by atoms with Gasteiger partial charge in [-0.05, 0) is 26.0 Å². The third-order valence-corrected chi connectivity index (χ3v) is 2.31. The molecule has 0 radical (unpaired) electrons. The highest BCUT2D eigenvalue weighted by Crippen LogP contribution is 2.22. The number of fused-ring (bicyclic) bond motifs is 1. The van der Waals surface area contributed by atoms with Crippen molar-refractivity contribution in [3.63, 3.8) is 0 Å². The van der Waals surface area contributed by atoms with Gasteiger partial charge in [-0.25, -0.2) is 0 Å². The van der Waals surface area contributed by atoms with E-state index in [1.54, 1.807) is 18.2 Å². The predicted octanol–water partition coefficient (Wildman–Crippen LogP) is 2.19. The molecule has 0 spiro atoms. The quantitative estimate of drug-likeness (QED) is 0.856. The minimum atomic E-state index is -0.176. The fourth-order valence-corrected chi connectivity index (χ4v) is 1.66. The Labute approximate surface area is 98.5 Å². The normalized spacial score (nSPS) is 10.5. The van der Waals surface area contributed by atoms with Crippen LogP contribution in [0, 0.1) is 11.3 Å². The number of hydrogen-bond acceptors (Lipinski definition) is 3. The number of benzene rings is 1. The van der Waals surface area contributed by atoms with Crippen LogP contribution in [0.5, 0.6) is 5.75 Å². The van der Waals surface area contributed by atoms with Gasteiger partial charge >= 0.3 is 0 Å². The van der Waals surface area contributed by atoms with E-state index in [4.69, 9.17) is 10.00 Å². The zero-order valence-corrected chi connectivity index (χ0v) is 9.65. The van der Waals surface area contributed by atoms with E-state index in [0.717, 1.165) is 0 Å². The van der Waals surface area contributed by atoms with E-state index in [0.29, 0.717) is 16.7 Å². The maximum Gasteiger partial charge on any atom is 0.190 e. The van der Waals surface area contributed by atoms with E-state index in [1.165, 1.54) is 6.07 Å². The highest BCUT2D eigenvalue weighted by molar-refractivity contribution is 5.84. The summed E-state index contributed by atoms with van der Waals surface area (Å²) in [6.07, 6.45) is 0.00911. The molecular formula is C13H12N2O2. The van der Waals surface area contributed by atoms with Crippen molar-refractivity contribution in [2.75, 3.05) is 0 Å². The van der Waals surface area contributed by atoms with E-state index in [1.807, 2.05) is 19.9 Å². The molecule has 0 aliphatic carbocycles. The lowest BCUT2D eigenvalue weighted by atomic mass is 10.2. The number of nitrogens with zero attached hydrogens (tertiary/aromatic N) is 1. The lowest BCUT2D eigenvalue weighted by Gasteiger charge is -2.11. The Morgan fingerprint density at radius 2 is 2.18 bits per heavy atom. The molecule has 4 nitrogen and oxygen atoms in total. The van der Waals surface area contributed by atoms with Gasteiger partial charge in [-0.3, -0.25) is 4.79 Å². The summed E-state index contributed by atoms with van der Waals surface area (Å²) in [5, 5.41) is 9.36. The van der Waals surface area contributed by atoms with Crippen molar-refractivity contribution in [3.05, 3.63) is 40.2 Å². The Hall–Kier alpha value is -2.28. The van der Waals surface area contributed by atoms with Gasteiger partial charge in [0.2, 0.25) is 0 Å². The highest BCUT2D eigenvalue weighted by Gasteiger charge is 2.08. The number of aromatic nitrogens is 1. The highest BCUT2D eigenvalue weighted by atomic mass is 16.5. The van der Waals surface area contributed by atoms with Crippen molar-refractivity contribution in [2.24, 2.45) is 0 Å². The summed E-state index contributed by atoms with van der Waals surface area (Å²) in [6, 6.07) is 8.48. The van der Waals surface area contributed by atoms with E-state index >= 15 is 0 Å². The first kappa shape index (κ1) is 11.2. The van der Waals surface area contributed by atoms with Crippen LogP contribution in [-0.2, 0) is 0 Å². The minimum Gasteiger partial charge on any atom is -0.489 e. The largest absolute Gasteiger partial charge is 0.489 e. The van der Waals surface area contributed by atoms with Gasteiger partial charge < -0.3 is 9.72 Å². The monoisotopic (exact) mass is 228 g/mol. The third-order valence-electron chi connectivity index (χ3n) is 2.31. The van der Waals surface area contributed by atoms with Gasteiger partial charge in [-0.1, -0.05) is 6.07 Å². The Kier molecular flexibility index (Phi) is 2.84. The predicted molar refractivity (Wildman–Crippen MR) is 65.0 cm³/mol. The van der Waals surface area contributed by atoms with Gasteiger partial charge in [0.15, 0.2) is 5.43 Å². The molecule has 0 saturated carbocycles. The Balaban J connectivity index is 2.74. The number of ether oxygens (including phenoxy) is 1. The van der Waals surface area contributed by atoms with Crippen molar-refractivity contribution >= 4 is 10.9 Å². The number of rotatable bonds is 2. The second-order valence-electron chi connectivity index (χ2n) is 4.00. The molecule has 1 heterocycles. The van der Waals surface area contributed by atoms with Gasteiger partial charge in [-0.2, -0.15) is 5.26 Å². The van der Waals surface area contributed by atoms with Gasteiger partial charge in [-0.15, -0.1) is 0 Å². The summed E-state index contributed by atoms with van der Waals surface area (Å²) in [4.78, 5) is 14.7. The molecule has 0 unspecified atom stereocenters. The number of nitrogens with one attached hydrogen (secondary N) is 1. The van der Waals surface area contributed by atoms with Crippen LogP contribution in [0.3, 0.4) is 0 Å². The zero-order chi connectivity index (χ0) is 12.4. The lowest BCUT2D eigenvalue weighted by molar-refractivity contribution is 0.245. The summed E-state index contributed by atoms with van der Waals surface area (Å²) < 4.78 is 5.60. The lowest BCUT2D eigenvalue weighted by Crippen LogP contribution is -2.09. The number of para-hydroxylation sites is 1. The number of hydrogen-bond donors (Lipinski definition) is 1. The molecule has 2 aromatic rings. The van der Waals surface area contributed by atoms with Gasteiger partial charge in [0.05, 0.1) is 11.6 Å². The summed E-state index contributed by atoms with van der Waals surface area (Å²) in [6.45, 7) is 3.82. The SMILES string of the molecule is CC(C)Oc1cccc2c(=O)cc(C#N)[nH]c12. The van der Waals surface area contributed by atoms with Crippen LogP contribution in [0.1, 0.15) is 19.5 Å². The first-order chi connectivity index (χ1) is 8.11. The molecule has 0 bridgehead atoms. The topological polar surface area (TPSA) is 65.9 Å². The standard InChI is InChI=1S/C13H12N2O2/c1-8(2)17-12-5-3-4-10-11(16)6-9(7-14)15-13(10)12/h3-6,8H,1-2H3,(H,15,16). The first-order valence-corrected chi connectivity index (χ1v) is 5.34. The third kappa shape index (κ3) is 2.13. The van der Waals surface area contributed by atoms with E-state index in [2.05, 4.69) is 4.98 Å². The molecule has 0 atom stereocenters. The Bertz CT molecular complexity index is 650. The summed E-state index contributed by atoms with van der Waals surface area (Å²) in [7, 11) is 0. The molecule has 1 aromatic carbocycles. The van der Waals surface area contributed by atoms with Crippen LogP contribution in [0.2, 0.25) is 0 Å². The Morgan fingerprint density at radius 3 is 2.82 bits per heavy atom. The molecule has 0 aliphatic heterocycles. The van der Waals surface area contributed by atoms with E-state index in [-0.39, 0.29) is 17.2 Å². The van der Waals surface area contributed by atoms with E-state index < -0.39 is 0 Å². The minimum absolute atomic E-state index is 0.00911. The molecular weight excluding hydrogens is 216 g/mol. The second-order valence-corrected chi connectivity index (χ2v) is 4.00. The summed E-state index contributed by atoms with van der Waals surface area (Å²) in [5.41, 5.74) is 0.636. The van der Waals surface area contributed by atoms with Crippen LogP contribution in [-0.4, -0.2) is 11.1 Å². The fourth-order valence-electron chi connectivity index (χ4n) is 1.66.